The number of hydrogen-bond acceptors (Lipinski definition) is 5. The van der Waals surface area contributed by atoms with Crippen LogP contribution < -0.4 is 0 Å². The van der Waals surface area contributed by atoms with Gasteiger partial charge in [-0.05, 0) is 12.5 Å². The fourth-order valence-electron chi connectivity index (χ4n) is 2.26. The second kappa shape index (κ2) is 8.03. The number of thiazole rings is 1. The summed E-state index contributed by atoms with van der Waals surface area (Å²) in [4.78, 5) is 17.8. The number of rotatable bonds is 8. The number of aryl methyl sites for hydroxylation is 1. The van der Waals surface area contributed by atoms with E-state index in [2.05, 4.69) is 22.0 Å². The molecule has 0 bridgehead atoms. The maximum absolute atomic E-state index is 11.0. The van der Waals surface area contributed by atoms with Crippen LogP contribution in [0.25, 0.3) is 0 Å². The fraction of sp³-hybridized carbons (Fsp3) is 0.375. The second-order valence-corrected chi connectivity index (χ2v) is 6.15. The van der Waals surface area contributed by atoms with Gasteiger partial charge in [-0.2, -0.15) is 0 Å². The van der Waals surface area contributed by atoms with E-state index in [1.807, 2.05) is 18.2 Å². The third-order valence-corrected chi connectivity index (χ3v) is 4.55. The lowest BCUT2D eigenvalue weighted by atomic mass is 10.2. The molecule has 2 aromatic rings. The SMILES string of the molecule is Cc1nc(CCN(CCO)Cc2ccccc2)sc1C(=O)O. The Labute approximate surface area is 133 Å². The molecule has 6 heteroatoms. The molecule has 1 aromatic heterocycles. The van der Waals surface area contributed by atoms with Gasteiger partial charge < -0.3 is 10.2 Å². The minimum absolute atomic E-state index is 0.101. The van der Waals surface area contributed by atoms with Crippen LogP contribution in [0.4, 0.5) is 0 Å². The summed E-state index contributed by atoms with van der Waals surface area (Å²) in [7, 11) is 0. The average Bonchev–Trinajstić information content (AvgIpc) is 2.87. The van der Waals surface area contributed by atoms with Crippen LogP contribution in [-0.2, 0) is 13.0 Å². The highest BCUT2D eigenvalue weighted by atomic mass is 32.1. The highest BCUT2D eigenvalue weighted by molar-refractivity contribution is 7.13. The van der Waals surface area contributed by atoms with E-state index in [9.17, 15) is 9.90 Å². The van der Waals surface area contributed by atoms with Crippen molar-refractivity contribution in [3.63, 3.8) is 0 Å². The molecule has 5 nitrogen and oxygen atoms in total. The van der Waals surface area contributed by atoms with Crippen molar-refractivity contribution in [3.05, 3.63) is 51.5 Å². The van der Waals surface area contributed by atoms with E-state index in [4.69, 9.17) is 5.11 Å². The smallest absolute Gasteiger partial charge is 0.347 e. The molecular formula is C16H20N2O3S. The average molecular weight is 320 g/mol. The van der Waals surface area contributed by atoms with Crippen LogP contribution in [0.15, 0.2) is 30.3 Å². The third kappa shape index (κ3) is 4.62. The molecule has 0 spiro atoms. The van der Waals surface area contributed by atoms with Gasteiger partial charge in [0.25, 0.3) is 0 Å². The molecule has 0 saturated carbocycles. The maximum atomic E-state index is 11.0. The summed E-state index contributed by atoms with van der Waals surface area (Å²) in [6.45, 7) is 3.91. The Balaban J connectivity index is 1.96. The predicted octanol–water partition coefficient (Wildman–Crippen LogP) is 2.19. The first-order valence-corrected chi connectivity index (χ1v) is 7.98. The summed E-state index contributed by atoms with van der Waals surface area (Å²) in [5.74, 6) is -0.919. The molecule has 0 unspecified atom stereocenters. The Morgan fingerprint density at radius 1 is 1.27 bits per heavy atom. The van der Waals surface area contributed by atoms with Crippen molar-refractivity contribution in [1.82, 2.24) is 9.88 Å². The van der Waals surface area contributed by atoms with Crippen LogP contribution in [0, 0.1) is 6.92 Å². The van der Waals surface area contributed by atoms with Gasteiger partial charge in [0, 0.05) is 26.1 Å². The molecule has 1 aromatic carbocycles. The molecule has 0 atom stereocenters. The Hall–Kier alpha value is -1.76. The largest absolute Gasteiger partial charge is 0.477 e. The summed E-state index contributed by atoms with van der Waals surface area (Å²) >= 11 is 1.23. The first-order chi connectivity index (χ1) is 10.6. The molecule has 0 saturated heterocycles. The fourth-order valence-corrected chi connectivity index (χ4v) is 3.16. The van der Waals surface area contributed by atoms with Gasteiger partial charge in [0.1, 0.15) is 4.88 Å². The van der Waals surface area contributed by atoms with Crippen molar-refractivity contribution < 1.29 is 15.0 Å². The molecule has 2 N–H and O–H groups in total. The van der Waals surface area contributed by atoms with E-state index in [1.54, 1.807) is 6.92 Å². The zero-order valence-electron chi connectivity index (χ0n) is 12.5. The maximum Gasteiger partial charge on any atom is 0.347 e. The normalized spacial score (nSPS) is 11.0. The molecule has 0 aliphatic carbocycles. The third-order valence-electron chi connectivity index (χ3n) is 3.34. The first kappa shape index (κ1) is 16.6. The lowest BCUT2D eigenvalue weighted by molar-refractivity contribution is 0.0701. The van der Waals surface area contributed by atoms with Gasteiger partial charge in [0.15, 0.2) is 0 Å². The van der Waals surface area contributed by atoms with Gasteiger partial charge in [0.05, 0.1) is 17.3 Å². The van der Waals surface area contributed by atoms with Crippen molar-refractivity contribution in [3.8, 4) is 0 Å². The molecule has 22 heavy (non-hydrogen) atoms. The molecule has 0 aliphatic rings. The van der Waals surface area contributed by atoms with E-state index in [0.29, 0.717) is 23.5 Å². The molecule has 1 heterocycles. The lowest BCUT2D eigenvalue weighted by Gasteiger charge is -2.20. The molecule has 2 rings (SSSR count). The van der Waals surface area contributed by atoms with Crippen LogP contribution in [0.1, 0.15) is 25.9 Å². The number of aliphatic hydroxyl groups excluding tert-OH is 1. The Morgan fingerprint density at radius 3 is 2.59 bits per heavy atom. The molecule has 0 amide bonds. The molecule has 0 radical (unpaired) electrons. The molecule has 0 fully saturated rings. The standard InChI is InChI=1S/C16H20N2O3S/c1-12-15(16(20)21)22-14(17-12)7-8-18(9-10-19)11-13-5-3-2-4-6-13/h2-6,19H,7-11H2,1H3,(H,20,21). The van der Waals surface area contributed by atoms with Crippen molar-refractivity contribution in [2.45, 2.75) is 19.9 Å². The monoisotopic (exact) mass is 320 g/mol. The van der Waals surface area contributed by atoms with Gasteiger partial charge in [-0.1, -0.05) is 30.3 Å². The van der Waals surface area contributed by atoms with Gasteiger partial charge in [-0.25, -0.2) is 9.78 Å². The summed E-state index contributed by atoms with van der Waals surface area (Å²) in [6.07, 6.45) is 0.686. The van der Waals surface area contributed by atoms with Crippen molar-refractivity contribution in [2.75, 3.05) is 19.7 Å². The number of carbonyl (C=O) groups is 1. The van der Waals surface area contributed by atoms with E-state index in [0.717, 1.165) is 18.1 Å². The summed E-state index contributed by atoms with van der Waals surface area (Å²) in [5, 5.41) is 19.1. The van der Waals surface area contributed by atoms with Crippen LogP contribution in [-0.4, -0.2) is 45.8 Å². The number of nitrogens with zero attached hydrogens (tertiary/aromatic N) is 2. The second-order valence-electron chi connectivity index (χ2n) is 5.06. The highest BCUT2D eigenvalue weighted by Crippen LogP contribution is 2.19. The van der Waals surface area contributed by atoms with Crippen molar-refractivity contribution in [2.24, 2.45) is 0 Å². The van der Waals surface area contributed by atoms with Crippen LogP contribution in [0.2, 0.25) is 0 Å². The van der Waals surface area contributed by atoms with E-state index < -0.39 is 5.97 Å². The quantitative estimate of drug-likeness (QED) is 0.780. The van der Waals surface area contributed by atoms with Crippen molar-refractivity contribution in [1.29, 1.82) is 0 Å². The Morgan fingerprint density at radius 2 is 2.00 bits per heavy atom. The number of carboxylic acids is 1. The van der Waals surface area contributed by atoms with Gasteiger partial charge in [0.2, 0.25) is 0 Å². The van der Waals surface area contributed by atoms with Crippen LogP contribution >= 0.6 is 11.3 Å². The van der Waals surface area contributed by atoms with Crippen molar-refractivity contribution >= 4 is 17.3 Å². The number of aromatic carboxylic acids is 1. The molecule has 118 valence electrons. The summed E-state index contributed by atoms with van der Waals surface area (Å²) in [5.41, 5.74) is 1.77. The molecular weight excluding hydrogens is 300 g/mol. The van der Waals surface area contributed by atoms with Crippen LogP contribution in [0.3, 0.4) is 0 Å². The predicted molar refractivity (Wildman–Crippen MR) is 86.3 cm³/mol. The number of aliphatic hydroxyl groups is 1. The number of hydrogen-bond donors (Lipinski definition) is 2. The van der Waals surface area contributed by atoms with Gasteiger partial charge in [-0.15, -0.1) is 11.3 Å². The summed E-state index contributed by atoms with van der Waals surface area (Å²) < 4.78 is 0. The number of benzene rings is 1. The summed E-state index contributed by atoms with van der Waals surface area (Å²) in [6, 6.07) is 10.1. The minimum atomic E-state index is -0.919. The zero-order chi connectivity index (χ0) is 15.9. The zero-order valence-corrected chi connectivity index (χ0v) is 13.3. The Bertz CT molecular complexity index is 613. The lowest BCUT2D eigenvalue weighted by Crippen LogP contribution is -2.28. The van der Waals surface area contributed by atoms with E-state index >= 15 is 0 Å². The van der Waals surface area contributed by atoms with E-state index in [-0.39, 0.29) is 6.61 Å². The minimum Gasteiger partial charge on any atom is -0.477 e. The Kier molecular flexibility index (Phi) is 6.06. The van der Waals surface area contributed by atoms with E-state index in [1.165, 1.54) is 16.9 Å². The first-order valence-electron chi connectivity index (χ1n) is 7.17. The van der Waals surface area contributed by atoms with Crippen LogP contribution in [0.5, 0.6) is 0 Å². The number of carboxylic acid groups (broad SMARTS) is 1. The topological polar surface area (TPSA) is 73.7 Å². The van der Waals surface area contributed by atoms with Gasteiger partial charge >= 0.3 is 5.97 Å². The van der Waals surface area contributed by atoms with Gasteiger partial charge in [-0.3, -0.25) is 4.90 Å². The number of aromatic nitrogens is 1. The molecule has 0 aliphatic heterocycles. The highest BCUT2D eigenvalue weighted by Gasteiger charge is 2.14.